The zero-order valence-electron chi connectivity index (χ0n) is 10.5. The Morgan fingerprint density at radius 2 is 2.11 bits per heavy atom. The van der Waals surface area contributed by atoms with Gasteiger partial charge in [0, 0.05) is 30.2 Å². The highest BCUT2D eigenvalue weighted by Crippen LogP contribution is 2.23. The number of hydrogen-bond acceptors (Lipinski definition) is 2. The van der Waals surface area contributed by atoms with Gasteiger partial charge in [0.2, 0.25) is 0 Å². The lowest BCUT2D eigenvalue weighted by Gasteiger charge is -2.24. The number of likely N-dealkylation sites (tertiary alicyclic amines) is 1. The molecule has 3 nitrogen and oxygen atoms in total. The Kier molecular flexibility index (Phi) is 3.46. The van der Waals surface area contributed by atoms with Crippen LogP contribution in [0.2, 0.25) is 5.02 Å². The summed E-state index contributed by atoms with van der Waals surface area (Å²) in [5.74, 6) is -0.758. The minimum Gasteiger partial charge on any atom is -0.337 e. The van der Waals surface area contributed by atoms with Gasteiger partial charge in [-0.15, -0.1) is 0 Å². The fourth-order valence-electron chi connectivity index (χ4n) is 2.96. The van der Waals surface area contributed by atoms with Crippen LogP contribution in [0.25, 0.3) is 0 Å². The van der Waals surface area contributed by atoms with Crippen molar-refractivity contribution in [2.75, 3.05) is 13.1 Å². The van der Waals surface area contributed by atoms with Crippen LogP contribution in [0, 0.1) is 5.82 Å². The van der Waals surface area contributed by atoms with Gasteiger partial charge in [-0.2, -0.15) is 0 Å². The van der Waals surface area contributed by atoms with Gasteiger partial charge in [0.05, 0.1) is 5.56 Å². The Labute approximate surface area is 116 Å². The van der Waals surface area contributed by atoms with Crippen LogP contribution in [0.15, 0.2) is 18.2 Å². The highest BCUT2D eigenvalue weighted by atomic mass is 35.5. The van der Waals surface area contributed by atoms with Crippen molar-refractivity contribution in [2.24, 2.45) is 0 Å². The van der Waals surface area contributed by atoms with Crippen molar-refractivity contribution in [1.82, 2.24) is 10.2 Å². The summed E-state index contributed by atoms with van der Waals surface area (Å²) in [6, 6.07) is 4.97. The number of benzene rings is 1. The van der Waals surface area contributed by atoms with Crippen molar-refractivity contribution in [2.45, 2.75) is 31.3 Å². The van der Waals surface area contributed by atoms with Gasteiger partial charge >= 0.3 is 0 Å². The molecule has 2 fully saturated rings. The molecule has 3 rings (SSSR count). The van der Waals surface area contributed by atoms with Crippen LogP contribution in [-0.4, -0.2) is 36.0 Å². The van der Waals surface area contributed by atoms with Crippen molar-refractivity contribution in [3.05, 3.63) is 34.6 Å². The summed E-state index contributed by atoms with van der Waals surface area (Å²) in [5.41, 5.74) is 0.0743. The number of amides is 1. The summed E-state index contributed by atoms with van der Waals surface area (Å²) in [5, 5.41) is 3.89. The molecule has 1 amide bonds. The molecule has 1 aromatic carbocycles. The summed E-state index contributed by atoms with van der Waals surface area (Å²) < 4.78 is 13.7. The molecule has 1 N–H and O–H groups in total. The molecule has 19 heavy (non-hydrogen) atoms. The third kappa shape index (κ3) is 2.60. The fraction of sp³-hybridized carbons (Fsp3) is 0.500. The van der Waals surface area contributed by atoms with Gasteiger partial charge in [-0.3, -0.25) is 4.79 Å². The molecule has 102 valence electrons. The molecule has 2 aliphatic heterocycles. The summed E-state index contributed by atoms with van der Waals surface area (Å²) in [6.07, 6.45) is 3.20. The summed E-state index contributed by atoms with van der Waals surface area (Å²) in [6.45, 7) is 1.33. The fourth-order valence-corrected chi connectivity index (χ4v) is 3.13. The van der Waals surface area contributed by atoms with Crippen LogP contribution in [0.1, 0.15) is 29.6 Å². The zero-order valence-corrected chi connectivity index (χ0v) is 11.3. The standard InChI is InChI=1S/C14H16ClFN2O/c15-9-1-4-13(16)12(7-9)14(19)18-6-5-10-2-3-11(8-18)17-10/h1,4,7,10-11,17H,2-3,5-6,8H2. The van der Waals surface area contributed by atoms with E-state index in [9.17, 15) is 9.18 Å². The number of halogens is 2. The quantitative estimate of drug-likeness (QED) is 0.858. The summed E-state index contributed by atoms with van der Waals surface area (Å²) >= 11 is 5.85. The van der Waals surface area contributed by atoms with Crippen LogP contribution in [0.3, 0.4) is 0 Å². The predicted octanol–water partition coefficient (Wildman–Crippen LogP) is 2.45. The second-order valence-electron chi connectivity index (χ2n) is 5.30. The second-order valence-corrected chi connectivity index (χ2v) is 5.74. The molecule has 0 spiro atoms. The van der Waals surface area contributed by atoms with Crippen molar-refractivity contribution in [3.8, 4) is 0 Å². The predicted molar refractivity (Wildman–Crippen MR) is 71.9 cm³/mol. The van der Waals surface area contributed by atoms with E-state index in [2.05, 4.69) is 5.32 Å². The molecule has 5 heteroatoms. The summed E-state index contributed by atoms with van der Waals surface area (Å²) in [4.78, 5) is 14.1. The van der Waals surface area contributed by atoms with E-state index in [1.54, 1.807) is 4.90 Å². The molecule has 0 aromatic heterocycles. The van der Waals surface area contributed by atoms with E-state index in [1.807, 2.05) is 0 Å². The summed E-state index contributed by atoms with van der Waals surface area (Å²) in [7, 11) is 0. The van der Waals surface area contributed by atoms with Crippen LogP contribution < -0.4 is 5.32 Å². The molecular weight excluding hydrogens is 267 g/mol. The number of hydrogen-bond donors (Lipinski definition) is 1. The number of nitrogens with zero attached hydrogens (tertiary/aromatic N) is 1. The van der Waals surface area contributed by atoms with E-state index < -0.39 is 5.82 Å². The van der Waals surface area contributed by atoms with Crippen LogP contribution in [0.5, 0.6) is 0 Å². The van der Waals surface area contributed by atoms with Crippen LogP contribution in [-0.2, 0) is 0 Å². The van der Waals surface area contributed by atoms with Crippen LogP contribution in [0.4, 0.5) is 4.39 Å². The number of rotatable bonds is 1. The molecule has 2 aliphatic rings. The molecule has 1 aromatic rings. The monoisotopic (exact) mass is 282 g/mol. The Hall–Kier alpha value is -1.13. The van der Waals surface area contributed by atoms with Crippen molar-refractivity contribution >= 4 is 17.5 Å². The third-order valence-corrected chi connectivity index (χ3v) is 4.20. The maximum absolute atomic E-state index is 13.7. The van der Waals surface area contributed by atoms with Gasteiger partial charge in [-0.05, 0) is 37.5 Å². The molecule has 2 heterocycles. The first-order valence-electron chi connectivity index (χ1n) is 6.64. The van der Waals surface area contributed by atoms with Gasteiger partial charge in [0.1, 0.15) is 5.82 Å². The third-order valence-electron chi connectivity index (χ3n) is 3.97. The normalized spacial score (nSPS) is 26.3. The lowest BCUT2D eigenvalue weighted by Crippen LogP contribution is -2.39. The first-order valence-corrected chi connectivity index (χ1v) is 7.01. The van der Waals surface area contributed by atoms with Crippen LogP contribution >= 0.6 is 11.6 Å². The Bertz CT molecular complexity index is 508. The Balaban J connectivity index is 1.81. The molecule has 2 atom stereocenters. The zero-order chi connectivity index (χ0) is 13.4. The van der Waals surface area contributed by atoms with E-state index in [4.69, 9.17) is 11.6 Å². The van der Waals surface area contributed by atoms with Gasteiger partial charge in [-0.25, -0.2) is 4.39 Å². The average Bonchev–Trinajstić information content (AvgIpc) is 2.71. The first kappa shape index (κ1) is 12.9. The Morgan fingerprint density at radius 1 is 1.32 bits per heavy atom. The molecule has 2 unspecified atom stereocenters. The average molecular weight is 283 g/mol. The Morgan fingerprint density at radius 3 is 2.95 bits per heavy atom. The van der Waals surface area contributed by atoms with Gasteiger partial charge < -0.3 is 10.2 Å². The number of carbonyl (C=O) groups is 1. The van der Waals surface area contributed by atoms with Crippen molar-refractivity contribution in [3.63, 3.8) is 0 Å². The highest BCUT2D eigenvalue weighted by Gasteiger charge is 2.32. The molecule has 2 bridgehead atoms. The SMILES string of the molecule is O=C(c1cc(Cl)ccc1F)N1CCC2CCC(C1)N2. The van der Waals surface area contributed by atoms with E-state index >= 15 is 0 Å². The van der Waals surface area contributed by atoms with Gasteiger partial charge in [-0.1, -0.05) is 11.6 Å². The molecule has 0 saturated carbocycles. The molecule has 0 aliphatic carbocycles. The van der Waals surface area contributed by atoms with Gasteiger partial charge in [0.25, 0.3) is 5.91 Å². The van der Waals surface area contributed by atoms with Crippen molar-refractivity contribution < 1.29 is 9.18 Å². The van der Waals surface area contributed by atoms with E-state index in [0.29, 0.717) is 30.2 Å². The lowest BCUT2D eigenvalue weighted by atomic mass is 10.1. The molecule has 0 radical (unpaired) electrons. The number of fused-ring (bicyclic) bond motifs is 2. The topological polar surface area (TPSA) is 32.3 Å². The number of nitrogens with one attached hydrogen (secondary N) is 1. The minimum absolute atomic E-state index is 0.0743. The lowest BCUT2D eigenvalue weighted by molar-refractivity contribution is 0.0743. The minimum atomic E-state index is -0.503. The second kappa shape index (κ2) is 5.10. The van der Waals surface area contributed by atoms with Gasteiger partial charge in [0.15, 0.2) is 0 Å². The van der Waals surface area contributed by atoms with Crippen molar-refractivity contribution in [1.29, 1.82) is 0 Å². The van der Waals surface area contributed by atoms with E-state index in [0.717, 1.165) is 12.8 Å². The smallest absolute Gasteiger partial charge is 0.256 e. The van der Waals surface area contributed by atoms with E-state index in [-0.39, 0.29) is 11.5 Å². The maximum Gasteiger partial charge on any atom is 0.256 e. The molecular formula is C14H16ClFN2O. The highest BCUT2D eigenvalue weighted by molar-refractivity contribution is 6.31. The number of carbonyl (C=O) groups excluding carboxylic acids is 1. The molecule has 2 saturated heterocycles. The first-order chi connectivity index (χ1) is 9.13. The van der Waals surface area contributed by atoms with E-state index in [1.165, 1.54) is 24.6 Å². The maximum atomic E-state index is 13.7. The largest absolute Gasteiger partial charge is 0.337 e.